The molecular formula is C20H26N4O4. The standard InChI is InChI=1S/C14H20O4.C6H6N4/c1-14(18,13(17)8-15)7-12(16)11-5-3-9-2-4-10(9)6-11;7-5-4-1-2-8-6(4)10-3-9-5/h3,5-6,12-13,15-18H,2,4,7-8H2,1H3;1-3H,(H3,7,8,9,10)/t12?,13?,14-;/m1./s1. The lowest BCUT2D eigenvalue weighted by Crippen LogP contribution is -2.42. The highest BCUT2D eigenvalue weighted by Crippen LogP contribution is 2.30. The number of nitrogen functional groups attached to an aromatic ring is 1. The molecular weight excluding hydrogens is 360 g/mol. The van der Waals surface area contributed by atoms with Gasteiger partial charge in [-0.25, -0.2) is 9.97 Å². The van der Waals surface area contributed by atoms with Gasteiger partial charge in [-0.3, -0.25) is 0 Å². The van der Waals surface area contributed by atoms with Gasteiger partial charge in [0.25, 0.3) is 0 Å². The van der Waals surface area contributed by atoms with Gasteiger partial charge in [-0.1, -0.05) is 18.2 Å². The first kappa shape index (κ1) is 20.2. The first-order valence-corrected chi connectivity index (χ1v) is 9.16. The van der Waals surface area contributed by atoms with Gasteiger partial charge in [0, 0.05) is 12.6 Å². The number of fused-ring (bicyclic) bond motifs is 2. The second-order valence-corrected chi connectivity index (χ2v) is 7.30. The number of nitrogens with one attached hydrogen (secondary N) is 1. The van der Waals surface area contributed by atoms with Gasteiger partial charge in [0.2, 0.25) is 0 Å². The molecule has 8 nitrogen and oxygen atoms in total. The summed E-state index contributed by atoms with van der Waals surface area (Å²) in [5.41, 5.74) is 8.12. The van der Waals surface area contributed by atoms with E-state index < -0.39 is 24.4 Å². The van der Waals surface area contributed by atoms with E-state index in [4.69, 9.17) is 10.8 Å². The maximum absolute atomic E-state index is 10.1. The average molecular weight is 386 g/mol. The highest BCUT2D eigenvalue weighted by atomic mass is 16.4. The molecule has 28 heavy (non-hydrogen) atoms. The molecule has 2 unspecified atom stereocenters. The Morgan fingerprint density at radius 3 is 2.54 bits per heavy atom. The van der Waals surface area contributed by atoms with Gasteiger partial charge in [0.1, 0.15) is 23.9 Å². The lowest BCUT2D eigenvalue weighted by atomic mass is 9.84. The zero-order valence-corrected chi connectivity index (χ0v) is 15.7. The minimum atomic E-state index is -1.50. The van der Waals surface area contributed by atoms with Crippen LogP contribution in [0.4, 0.5) is 5.82 Å². The van der Waals surface area contributed by atoms with Gasteiger partial charge in [0.15, 0.2) is 0 Å². The van der Waals surface area contributed by atoms with E-state index in [1.807, 2.05) is 24.3 Å². The molecule has 150 valence electrons. The van der Waals surface area contributed by atoms with Crippen LogP contribution in [0.5, 0.6) is 0 Å². The van der Waals surface area contributed by atoms with Crippen molar-refractivity contribution >= 4 is 16.9 Å². The molecule has 1 aliphatic rings. The Bertz CT molecular complexity index is 941. The molecule has 8 heteroatoms. The number of nitrogens with two attached hydrogens (primary N) is 1. The molecule has 0 bridgehead atoms. The molecule has 2 aromatic heterocycles. The first-order valence-electron chi connectivity index (χ1n) is 9.16. The van der Waals surface area contributed by atoms with Crippen LogP contribution in [0, 0.1) is 0 Å². The van der Waals surface area contributed by atoms with E-state index in [-0.39, 0.29) is 6.42 Å². The number of hydrogen-bond acceptors (Lipinski definition) is 7. The van der Waals surface area contributed by atoms with E-state index in [0.717, 1.165) is 29.4 Å². The molecule has 0 aliphatic heterocycles. The predicted molar refractivity (Wildman–Crippen MR) is 105 cm³/mol. The van der Waals surface area contributed by atoms with Gasteiger partial charge in [-0.15, -0.1) is 0 Å². The van der Waals surface area contributed by atoms with E-state index in [1.54, 1.807) is 6.20 Å². The fourth-order valence-electron chi connectivity index (χ4n) is 3.16. The molecule has 2 heterocycles. The number of rotatable bonds is 5. The minimum Gasteiger partial charge on any atom is -0.394 e. The maximum atomic E-state index is 10.1. The van der Waals surface area contributed by atoms with E-state index in [1.165, 1.54) is 24.4 Å². The molecule has 3 aromatic rings. The van der Waals surface area contributed by atoms with Crippen LogP contribution in [0.2, 0.25) is 0 Å². The number of aliphatic hydroxyl groups excluding tert-OH is 3. The monoisotopic (exact) mass is 386 g/mol. The van der Waals surface area contributed by atoms with E-state index in [0.29, 0.717) is 5.82 Å². The molecule has 7 N–H and O–H groups in total. The van der Waals surface area contributed by atoms with Gasteiger partial charge < -0.3 is 31.1 Å². The Morgan fingerprint density at radius 2 is 1.93 bits per heavy atom. The van der Waals surface area contributed by atoms with Crippen LogP contribution in [0.25, 0.3) is 11.0 Å². The lowest BCUT2D eigenvalue weighted by molar-refractivity contribution is -0.104. The van der Waals surface area contributed by atoms with Crippen molar-refractivity contribution in [3.05, 3.63) is 53.5 Å². The van der Waals surface area contributed by atoms with E-state index in [9.17, 15) is 15.3 Å². The third-order valence-corrected chi connectivity index (χ3v) is 5.16. The highest BCUT2D eigenvalue weighted by molar-refractivity contribution is 5.85. The van der Waals surface area contributed by atoms with Crippen molar-refractivity contribution in [1.82, 2.24) is 15.0 Å². The summed E-state index contributed by atoms with van der Waals surface area (Å²) in [6.07, 6.45) is 3.25. The minimum absolute atomic E-state index is 0.00644. The van der Waals surface area contributed by atoms with Crippen LogP contribution in [0.1, 0.15) is 36.1 Å². The van der Waals surface area contributed by atoms with Crippen molar-refractivity contribution in [2.24, 2.45) is 0 Å². The number of aromatic nitrogens is 3. The van der Waals surface area contributed by atoms with Crippen LogP contribution in [-0.2, 0) is 12.8 Å². The van der Waals surface area contributed by atoms with Crippen molar-refractivity contribution in [3.8, 4) is 0 Å². The number of benzene rings is 1. The molecule has 0 saturated carbocycles. The van der Waals surface area contributed by atoms with Crippen molar-refractivity contribution in [2.75, 3.05) is 12.3 Å². The molecule has 0 radical (unpaired) electrons. The normalized spacial score (nSPS) is 16.9. The molecule has 1 aromatic carbocycles. The number of aryl methyl sites for hydroxylation is 2. The Balaban J connectivity index is 0.000000188. The number of H-pyrrole nitrogens is 1. The zero-order chi connectivity index (χ0) is 20.3. The molecule has 4 rings (SSSR count). The van der Waals surface area contributed by atoms with Crippen molar-refractivity contribution in [3.63, 3.8) is 0 Å². The number of nitrogens with zero attached hydrogens (tertiary/aromatic N) is 2. The number of aliphatic hydroxyl groups is 4. The second kappa shape index (κ2) is 8.24. The number of anilines is 1. The van der Waals surface area contributed by atoms with Crippen LogP contribution in [0.15, 0.2) is 36.8 Å². The largest absolute Gasteiger partial charge is 0.394 e. The fraction of sp³-hybridized carbons (Fsp3) is 0.400. The van der Waals surface area contributed by atoms with Gasteiger partial charge in [-0.05, 0) is 42.5 Å². The third kappa shape index (κ3) is 4.31. The Labute approximate surface area is 162 Å². The smallest absolute Gasteiger partial charge is 0.142 e. The SMILES string of the molecule is C[C@@](O)(CC(O)c1ccc2c(c1)CC2)C(O)CO.Nc1ncnc2[nH]ccc12. The first-order chi connectivity index (χ1) is 13.3. The quantitative estimate of drug-likeness (QED) is 0.381. The van der Waals surface area contributed by atoms with E-state index >= 15 is 0 Å². The van der Waals surface area contributed by atoms with Crippen LogP contribution >= 0.6 is 0 Å². The van der Waals surface area contributed by atoms with Gasteiger partial charge in [-0.2, -0.15) is 0 Å². The highest BCUT2D eigenvalue weighted by Gasteiger charge is 2.33. The van der Waals surface area contributed by atoms with E-state index in [2.05, 4.69) is 15.0 Å². The van der Waals surface area contributed by atoms with Crippen molar-refractivity contribution < 1.29 is 20.4 Å². The molecule has 0 spiro atoms. The van der Waals surface area contributed by atoms with Crippen molar-refractivity contribution in [2.45, 2.75) is 44.0 Å². The molecule has 3 atom stereocenters. The van der Waals surface area contributed by atoms with Crippen LogP contribution < -0.4 is 5.73 Å². The van der Waals surface area contributed by atoms with Crippen LogP contribution in [-0.4, -0.2) is 53.7 Å². The summed E-state index contributed by atoms with van der Waals surface area (Å²) in [5.74, 6) is 0.520. The molecule has 1 aliphatic carbocycles. The summed E-state index contributed by atoms with van der Waals surface area (Å²) in [4.78, 5) is 10.7. The fourth-order valence-corrected chi connectivity index (χ4v) is 3.16. The third-order valence-electron chi connectivity index (χ3n) is 5.16. The lowest BCUT2D eigenvalue weighted by Gasteiger charge is -2.30. The predicted octanol–water partition coefficient (Wildman–Crippen LogP) is 0.853. The van der Waals surface area contributed by atoms with Crippen molar-refractivity contribution in [1.29, 1.82) is 0 Å². The molecule has 0 amide bonds. The second-order valence-electron chi connectivity index (χ2n) is 7.30. The van der Waals surface area contributed by atoms with Gasteiger partial charge >= 0.3 is 0 Å². The Morgan fingerprint density at radius 1 is 1.18 bits per heavy atom. The number of aromatic amines is 1. The number of hydrogen-bond donors (Lipinski definition) is 6. The summed E-state index contributed by atoms with van der Waals surface area (Å²) in [7, 11) is 0. The molecule has 0 fully saturated rings. The summed E-state index contributed by atoms with van der Waals surface area (Å²) in [6.45, 7) is 0.891. The summed E-state index contributed by atoms with van der Waals surface area (Å²) in [6, 6.07) is 7.65. The Hall–Kier alpha value is -2.52. The molecule has 0 saturated heterocycles. The van der Waals surface area contributed by atoms with Gasteiger partial charge in [0.05, 0.1) is 23.7 Å². The van der Waals surface area contributed by atoms with Crippen LogP contribution in [0.3, 0.4) is 0 Å². The maximum Gasteiger partial charge on any atom is 0.142 e. The summed E-state index contributed by atoms with van der Waals surface area (Å²) >= 11 is 0. The summed E-state index contributed by atoms with van der Waals surface area (Å²) < 4.78 is 0. The Kier molecular flexibility index (Phi) is 5.95. The zero-order valence-electron chi connectivity index (χ0n) is 15.7. The topological polar surface area (TPSA) is 149 Å². The summed E-state index contributed by atoms with van der Waals surface area (Å²) in [5, 5.41) is 39.3. The average Bonchev–Trinajstić information content (AvgIpc) is 3.12.